The second-order valence-electron chi connectivity index (χ2n) is 7.22. The van der Waals surface area contributed by atoms with Crippen molar-refractivity contribution in [2.45, 2.75) is 6.42 Å². The molecule has 2 aromatic rings. The molecule has 0 saturated carbocycles. The molecule has 2 amide bonds. The summed E-state index contributed by atoms with van der Waals surface area (Å²) in [7, 11) is 1.55. The zero-order valence-corrected chi connectivity index (χ0v) is 17.0. The minimum absolute atomic E-state index is 0.0427. The highest BCUT2D eigenvalue weighted by molar-refractivity contribution is 6.32. The average molecular weight is 415 g/mol. The van der Waals surface area contributed by atoms with E-state index < -0.39 is 0 Å². The molecule has 0 bridgehead atoms. The predicted octanol–water partition coefficient (Wildman–Crippen LogP) is 2.45. The number of aromatic nitrogens is 1. The topological polar surface area (TPSA) is 66.0 Å². The highest BCUT2D eigenvalue weighted by Gasteiger charge is 2.38. The number of ether oxygens (including phenoxy) is 1. The van der Waals surface area contributed by atoms with Gasteiger partial charge in [-0.05, 0) is 30.3 Å². The quantitative estimate of drug-likeness (QED) is 0.768. The minimum Gasteiger partial charge on any atom is -0.495 e. The van der Waals surface area contributed by atoms with Gasteiger partial charge < -0.3 is 19.4 Å². The van der Waals surface area contributed by atoms with E-state index in [2.05, 4.69) is 9.88 Å². The molecule has 2 aliphatic heterocycles. The lowest BCUT2D eigenvalue weighted by Crippen LogP contribution is -2.51. The molecular weight excluding hydrogens is 392 g/mol. The second kappa shape index (κ2) is 8.29. The zero-order chi connectivity index (χ0) is 20.4. The van der Waals surface area contributed by atoms with Gasteiger partial charge in [-0.2, -0.15) is 0 Å². The van der Waals surface area contributed by atoms with Gasteiger partial charge in [0.2, 0.25) is 11.8 Å². The smallest absolute Gasteiger partial charge is 0.228 e. The molecule has 3 heterocycles. The lowest BCUT2D eigenvalue weighted by molar-refractivity contribution is -0.136. The Balaban J connectivity index is 1.38. The van der Waals surface area contributed by atoms with Crippen LogP contribution in [0.5, 0.6) is 5.75 Å². The number of halogens is 1. The Labute approximate surface area is 174 Å². The van der Waals surface area contributed by atoms with Crippen LogP contribution in [0.2, 0.25) is 5.02 Å². The number of pyridine rings is 1. The number of anilines is 2. The van der Waals surface area contributed by atoms with Gasteiger partial charge in [0.05, 0.1) is 18.1 Å². The average Bonchev–Trinajstić information content (AvgIpc) is 3.15. The zero-order valence-electron chi connectivity index (χ0n) is 16.3. The highest BCUT2D eigenvalue weighted by atomic mass is 35.5. The number of rotatable bonds is 4. The van der Waals surface area contributed by atoms with Gasteiger partial charge in [0.15, 0.2) is 0 Å². The molecule has 7 nitrogen and oxygen atoms in total. The summed E-state index contributed by atoms with van der Waals surface area (Å²) in [5, 5.41) is 0.443. The normalized spacial score (nSPS) is 19.6. The summed E-state index contributed by atoms with van der Waals surface area (Å²) in [4.78, 5) is 35.6. The van der Waals surface area contributed by atoms with Crippen molar-refractivity contribution in [1.29, 1.82) is 0 Å². The highest BCUT2D eigenvalue weighted by Crippen LogP contribution is 2.33. The molecule has 2 saturated heterocycles. The predicted molar refractivity (Wildman–Crippen MR) is 111 cm³/mol. The van der Waals surface area contributed by atoms with Crippen molar-refractivity contribution in [2.24, 2.45) is 5.92 Å². The van der Waals surface area contributed by atoms with Gasteiger partial charge in [0.25, 0.3) is 0 Å². The summed E-state index contributed by atoms with van der Waals surface area (Å²) in [5.74, 6) is 1.14. The Hall–Kier alpha value is -2.80. The van der Waals surface area contributed by atoms with Gasteiger partial charge in [-0.1, -0.05) is 17.7 Å². The van der Waals surface area contributed by atoms with Crippen molar-refractivity contribution in [3.05, 3.63) is 47.6 Å². The van der Waals surface area contributed by atoms with Crippen molar-refractivity contribution < 1.29 is 14.3 Å². The summed E-state index contributed by atoms with van der Waals surface area (Å²) in [6.07, 6.45) is 2.00. The fourth-order valence-electron chi connectivity index (χ4n) is 3.90. The fraction of sp³-hybridized carbons (Fsp3) is 0.381. The van der Waals surface area contributed by atoms with E-state index in [9.17, 15) is 9.59 Å². The lowest BCUT2D eigenvalue weighted by atomic mass is 10.1. The number of hydrogen-bond donors (Lipinski definition) is 0. The third-order valence-electron chi connectivity index (χ3n) is 5.49. The van der Waals surface area contributed by atoms with Crippen molar-refractivity contribution in [3.63, 3.8) is 0 Å². The van der Waals surface area contributed by atoms with Crippen LogP contribution in [0.25, 0.3) is 0 Å². The summed E-state index contributed by atoms with van der Waals surface area (Å²) < 4.78 is 5.16. The van der Waals surface area contributed by atoms with Crippen molar-refractivity contribution in [3.8, 4) is 5.75 Å². The first-order chi connectivity index (χ1) is 14.1. The van der Waals surface area contributed by atoms with Gasteiger partial charge in [-0.25, -0.2) is 4.98 Å². The second-order valence-corrected chi connectivity index (χ2v) is 7.63. The van der Waals surface area contributed by atoms with Gasteiger partial charge in [-0.3, -0.25) is 9.59 Å². The van der Waals surface area contributed by atoms with Gasteiger partial charge in [0, 0.05) is 51.0 Å². The molecule has 0 radical (unpaired) electrons. The first-order valence-corrected chi connectivity index (χ1v) is 10.0. The minimum atomic E-state index is -0.329. The van der Waals surface area contributed by atoms with Crippen molar-refractivity contribution >= 4 is 34.9 Å². The molecule has 0 N–H and O–H groups in total. The van der Waals surface area contributed by atoms with Crippen LogP contribution in [0, 0.1) is 5.92 Å². The maximum Gasteiger partial charge on any atom is 0.228 e. The molecule has 8 heteroatoms. The molecule has 1 atom stereocenters. The van der Waals surface area contributed by atoms with Crippen LogP contribution in [0.15, 0.2) is 42.6 Å². The van der Waals surface area contributed by atoms with Crippen LogP contribution in [-0.4, -0.2) is 61.5 Å². The number of hydrogen-bond acceptors (Lipinski definition) is 5. The number of nitrogens with zero attached hydrogens (tertiary/aromatic N) is 4. The maximum absolute atomic E-state index is 13.0. The van der Waals surface area contributed by atoms with E-state index in [1.165, 1.54) is 0 Å². The number of piperazine rings is 1. The number of carbonyl (C=O) groups excluding carboxylic acids is 2. The van der Waals surface area contributed by atoms with Crippen LogP contribution in [0.4, 0.5) is 11.5 Å². The SMILES string of the molecule is COc1ccc(N2C[C@@H](C(=O)N3CCN(c4ccccn4)CC3)CC2=O)cc1Cl. The summed E-state index contributed by atoms with van der Waals surface area (Å²) in [5.41, 5.74) is 0.691. The molecule has 4 rings (SSSR count). The maximum atomic E-state index is 13.0. The first kappa shape index (κ1) is 19.5. The van der Waals surface area contributed by atoms with E-state index in [1.54, 1.807) is 36.4 Å². The Morgan fingerprint density at radius 1 is 1.17 bits per heavy atom. The van der Waals surface area contributed by atoms with Gasteiger partial charge in [-0.15, -0.1) is 0 Å². The summed E-state index contributed by atoms with van der Waals surface area (Å²) in [6, 6.07) is 11.1. The number of carbonyl (C=O) groups is 2. The standard InChI is InChI=1S/C21H23ClN4O3/c1-29-18-6-5-16(13-17(18)22)26-14-15(12-20(26)27)21(28)25-10-8-24(9-11-25)19-4-2-3-7-23-19/h2-7,13,15H,8-12,14H2,1H3/t15-/m0/s1. The van der Waals surface area contributed by atoms with Crippen molar-refractivity contribution in [1.82, 2.24) is 9.88 Å². The number of benzene rings is 1. The Morgan fingerprint density at radius 3 is 2.62 bits per heavy atom. The largest absolute Gasteiger partial charge is 0.495 e. The van der Waals surface area contributed by atoms with Crippen molar-refractivity contribution in [2.75, 3.05) is 49.6 Å². The fourth-order valence-corrected chi connectivity index (χ4v) is 4.15. The van der Waals surface area contributed by atoms with E-state index in [4.69, 9.17) is 16.3 Å². The van der Waals surface area contributed by atoms with Gasteiger partial charge >= 0.3 is 0 Å². The monoisotopic (exact) mass is 414 g/mol. The van der Waals surface area contributed by atoms with E-state index in [-0.39, 0.29) is 24.2 Å². The lowest BCUT2D eigenvalue weighted by Gasteiger charge is -2.36. The third-order valence-corrected chi connectivity index (χ3v) is 5.78. The van der Waals surface area contributed by atoms with E-state index >= 15 is 0 Å². The molecule has 0 spiro atoms. The van der Waals surface area contributed by atoms with Crippen LogP contribution < -0.4 is 14.5 Å². The van der Waals surface area contributed by atoms with E-state index in [1.807, 2.05) is 23.1 Å². The van der Waals surface area contributed by atoms with Crippen LogP contribution in [0.1, 0.15) is 6.42 Å². The third kappa shape index (κ3) is 4.00. The molecular formula is C21H23ClN4O3. The number of amides is 2. The molecule has 2 fully saturated rings. The van der Waals surface area contributed by atoms with E-state index in [0.717, 1.165) is 18.9 Å². The Kier molecular flexibility index (Phi) is 5.58. The van der Waals surface area contributed by atoms with Crippen LogP contribution in [0.3, 0.4) is 0 Å². The molecule has 1 aromatic heterocycles. The Bertz CT molecular complexity index is 900. The first-order valence-electron chi connectivity index (χ1n) is 9.65. The number of methoxy groups -OCH3 is 1. The molecule has 0 unspecified atom stereocenters. The molecule has 152 valence electrons. The molecule has 1 aromatic carbocycles. The van der Waals surface area contributed by atoms with Gasteiger partial charge in [0.1, 0.15) is 11.6 Å². The molecule has 29 heavy (non-hydrogen) atoms. The summed E-state index contributed by atoms with van der Waals surface area (Å²) >= 11 is 6.19. The Morgan fingerprint density at radius 2 is 1.97 bits per heavy atom. The molecule has 2 aliphatic rings. The van der Waals surface area contributed by atoms with Crippen LogP contribution in [-0.2, 0) is 9.59 Å². The van der Waals surface area contributed by atoms with E-state index in [0.29, 0.717) is 36.1 Å². The molecule has 0 aliphatic carbocycles. The summed E-state index contributed by atoms with van der Waals surface area (Å²) in [6.45, 7) is 3.12. The van der Waals surface area contributed by atoms with Crippen LogP contribution >= 0.6 is 11.6 Å².